The Kier molecular flexibility index (Phi) is 7.57. The number of ether oxygens (including phenoxy) is 3. The van der Waals surface area contributed by atoms with Crippen LogP contribution < -0.4 is 19.5 Å². The first-order valence-corrected chi connectivity index (χ1v) is 12.6. The molecule has 1 fully saturated rings. The van der Waals surface area contributed by atoms with Crippen molar-refractivity contribution >= 4 is 11.7 Å². The summed E-state index contributed by atoms with van der Waals surface area (Å²) in [5.74, 6) is 2.15. The lowest BCUT2D eigenvalue weighted by Crippen LogP contribution is -2.48. The summed E-state index contributed by atoms with van der Waals surface area (Å²) in [4.78, 5) is 18.1. The number of urea groups is 1. The number of benzene rings is 3. The SMILES string of the molecule is CCOc1ccccc1NC(=O)N(Cc1ccc2c(c1)OCO2)C1CCN(Cc2ccccc2)CC1. The Morgan fingerprint density at radius 3 is 2.53 bits per heavy atom. The van der Waals surface area contributed by atoms with Crippen LogP contribution in [0, 0.1) is 0 Å². The molecule has 2 aliphatic rings. The molecular weight excluding hydrogens is 454 g/mol. The van der Waals surface area contributed by atoms with Gasteiger partial charge in [0, 0.05) is 32.2 Å². The monoisotopic (exact) mass is 487 g/mol. The van der Waals surface area contributed by atoms with E-state index in [1.807, 2.05) is 60.4 Å². The molecule has 2 heterocycles. The maximum Gasteiger partial charge on any atom is 0.322 e. The molecule has 7 heteroatoms. The molecule has 5 rings (SSSR count). The molecule has 0 radical (unpaired) electrons. The summed E-state index contributed by atoms with van der Waals surface area (Å²) in [5.41, 5.74) is 3.01. The number of likely N-dealkylation sites (tertiary alicyclic amines) is 1. The van der Waals surface area contributed by atoms with Crippen LogP contribution in [0.15, 0.2) is 72.8 Å². The Balaban J connectivity index is 1.31. The van der Waals surface area contributed by atoms with E-state index in [1.165, 1.54) is 5.56 Å². The van der Waals surface area contributed by atoms with Crippen molar-refractivity contribution in [3.8, 4) is 17.2 Å². The van der Waals surface area contributed by atoms with E-state index in [9.17, 15) is 4.79 Å². The van der Waals surface area contributed by atoms with Crippen molar-refractivity contribution in [2.24, 2.45) is 0 Å². The fraction of sp³-hybridized carbons (Fsp3) is 0.345. The highest BCUT2D eigenvalue weighted by atomic mass is 16.7. The fourth-order valence-corrected chi connectivity index (χ4v) is 4.87. The summed E-state index contributed by atoms with van der Waals surface area (Å²) in [6, 6.07) is 24.0. The third-order valence-electron chi connectivity index (χ3n) is 6.73. The minimum absolute atomic E-state index is 0.124. The number of hydrogen-bond donors (Lipinski definition) is 1. The maximum atomic E-state index is 13.7. The van der Waals surface area contributed by atoms with Crippen molar-refractivity contribution in [1.29, 1.82) is 0 Å². The molecule has 0 spiro atoms. The maximum absolute atomic E-state index is 13.7. The molecule has 0 bridgehead atoms. The van der Waals surface area contributed by atoms with Crippen LogP contribution in [-0.2, 0) is 13.1 Å². The van der Waals surface area contributed by atoms with Gasteiger partial charge in [-0.3, -0.25) is 4.90 Å². The van der Waals surface area contributed by atoms with Crippen LogP contribution in [0.4, 0.5) is 10.5 Å². The molecule has 7 nitrogen and oxygen atoms in total. The number of amides is 2. The number of rotatable bonds is 8. The highest BCUT2D eigenvalue weighted by Gasteiger charge is 2.29. The van der Waals surface area contributed by atoms with Gasteiger partial charge < -0.3 is 24.4 Å². The van der Waals surface area contributed by atoms with E-state index >= 15 is 0 Å². The average Bonchev–Trinajstić information content (AvgIpc) is 3.38. The fourth-order valence-electron chi connectivity index (χ4n) is 4.87. The van der Waals surface area contributed by atoms with Gasteiger partial charge in [-0.05, 0) is 55.2 Å². The Labute approximate surface area is 212 Å². The lowest BCUT2D eigenvalue weighted by atomic mass is 10.0. The standard InChI is InChI=1S/C29H33N3O4/c1-2-34-26-11-7-6-10-25(26)30-29(33)32(20-23-12-13-27-28(18-23)36-21-35-27)24-14-16-31(17-15-24)19-22-8-4-3-5-9-22/h3-13,18,24H,2,14-17,19-21H2,1H3,(H,30,33). The normalized spacial score (nSPS) is 15.5. The Hall–Kier alpha value is -3.71. The van der Waals surface area contributed by atoms with Crippen LogP contribution in [0.5, 0.6) is 17.2 Å². The van der Waals surface area contributed by atoms with Crippen molar-refractivity contribution in [2.75, 3.05) is 31.8 Å². The molecule has 188 valence electrons. The molecule has 2 amide bonds. The molecule has 0 unspecified atom stereocenters. The Morgan fingerprint density at radius 2 is 1.72 bits per heavy atom. The molecule has 0 aliphatic carbocycles. The number of para-hydroxylation sites is 2. The van der Waals surface area contributed by atoms with E-state index in [4.69, 9.17) is 14.2 Å². The van der Waals surface area contributed by atoms with Crippen LogP contribution in [0.2, 0.25) is 0 Å². The van der Waals surface area contributed by atoms with Crippen molar-refractivity contribution in [2.45, 2.75) is 38.9 Å². The van der Waals surface area contributed by atoms with Crippen LogP contribution >= 0.6 is 0 Å². The molecule has 2 aliphatic heterocycles. The van der Waals surface area contributed by atoms with Gasteiger partial charge in [0.05, 0.1) is 12.3 Å². The third kappa shape index (κ3) is 5.74. The lowest BCUT2D eigenvalue weighted by Gasteiger charge is -2.38. The number of piperidine rings is 1. The molecule has 1 N–H and O–H groups in total. The zero-order valence-electron chi connectivity index (χ0n) is 20.7. The average molecular weight is 488 g/mol. The van der Waals surface area contributed by atoms with E-state index in [1.54, 1.807) is 0 Å². The topological polar surface area (TPSA) is 63.3 Å². The first-order chi connectivity index (χ1) is 17.7. The van der Waals surface area contributed by atoms with E-state index in [2.05, 4.69) is 34.5 Å². The molecule has 0 atom stereocenters. The van der Waals surface area contributed by atoms with Gasteiger partial charge in [0.1, 0.15) is 5.75 Å². The van der Waals surface area contributed by atoms with Crippen LogP contribution in [0.3, 0.4) is 0 Å². The number of nitrogens with zero attached hydrogens (tertiary/aromatic N) is 2. The molecule has 3 aromatic carbocycles. The smallest absolute Gasteiger partial charge is 0.322 e. The molecular formula is C29H33N3O4. The van der Waals surface area contributed by atoms with Crippen LogP contribution in [-0.4, -0.2) is 48.4 Å². The lowest BCUT2D eigenvalue weighted by molar-refractivity contribution is 0.119. The summed E-state index contributed by atoms with van der Waals surface area (Å²) in [6.45, 7) is 6.02. The first-order valence-electron chi connectivity index (χ1n) is 12.6. The van der Waals surface area contributed by atoms with Gasteiger partial charge in [-0.15, -0.1) is 0 Å². The van der Waals surface area contributed by atoms with Crippen LogP contribution in [0.25, 0.3) is 0 Å². The van der Waals surface area contributed by atoms with E-state index in [-0.39, 0.29) is 18.9 Å². The van der Waals surface area contributed by atoms with Gasteiger partial charge in [-0.25, -0.2) is 4.79 Å². The van der Waals surface area contributed by atoms with Crippen molar-refractivity contribution < 1.29 is 19.0 Å². The Bertz CT molecular complexity index is 1160. The number of nitrogens with one attached hydrogen (secondary N) is 1. The van der Waals surface area contributed by atoms with Crippen molar-refractivity contribution in [3.63, 3.8) is 0 Å². The molecule has 36 heavy (non-hydrogen) atoms. The van der Waals surface area contributed by atoms with Gasteiger partial charge in [-0.1, -0.05) is 48.5 Å². The van der Waals surface area contributed by atoms with Gasteiger partial charge in [0.15, 0.2) is 11.5 Å². The summed E-state index contributed by atoms with van der Waals surface area (Å²) < 4.78 is 16.8. The second kappa shape index (κ2) is 11.4. The third-order valence-corrected chi connectivity index (χ3v) is 6.73. The highest BCUT2D eigenvalue weighted by Crippen LogP contribution is 2.33. The zero-order valence-corrected chi connectivity index (χ0v) is 20.7. The summed E-state index contributed by atoms with van der Waals surface area (Å²) >= 11 is 0. The predicted molar refractivity (Wildman–Crippen MR) is 139 cm³/mol. The molecule has 0 saturated carbocycles. The van der Waals surface area contributed by atoms with E-state index in [0.29, 0.717) is 24.6 Å². The molecule has 1 saturated heterocycles. The Morgan fingerprint density at radius 1 is 0.972 bits per heavy atom. The molecule has 0 aromatic heterocycles. The van der Waals surface area contributed by atoms with Crippen molar-refractivity contribution in [1.82, 2.24) is 9.80 Å². The zero-order chi connectivity index (χ0) is 24.7. The minimum atomic E-state index is -0.124. The second-order valence-corrected chi connectivity index (χ2v) is 9.17. The van der Waals surface area contributed by atoms with Gasteiger partial charge in [-0.2, -0.15) is 0 Å². The quantitative estimate of drug-likeness (QED) is 0.454. The van der Waals surface area contributed by atoms with Gasteiger partial charge in [0.25, 0.3) is 0 Å². The number of fused-ring (bicyclic) bond motifs is 1. The predicted octanol–water partition coefficient (Wildman–Crippen LogP) is 5.51. The summed E-state index contributed by atoms with van der Waals surface area (Å²) in [6.07, 6.45) is 1.83. The highest BCUT2D eigenvalue weighted by molar-refractivity contribution is 5.91. The first kappa shape index (κ1) is 24.0. The number of carbonyl (C=O) groups is 1. The summed E-state index contributed by atoms with van der Waals surface area (Å²) in [5, 5.41) is 3.11. The van der Waals surface area contributed by atoms with E-state index in [0.717, 1.165) is 49.5 Å². The number of hydrogen-bond acceptors (Lipinski definition) is 5. The van der Waals surface area contributed by atoms with Crippen molar-refractivity contribution in [3.05, 3.63) is 83.9 Å². The largest absolute Gasteiger partial charge is 0.492 e. The van der Waals surface area contributed by atoms with Crippen LogP contribution in [0.1, 0.15) is 30.9 Å². The number of carbonyl (C=O) groups excluding carboxylic acids is 1. The molecule has 3 aromatic rings. The number of anilines is 1. The van der Waals surface area contributed by atoms with E-state index < -0.39 is 0 Å². The second-order valence-electron chi connectivity index (χ2n) is 9.17. The van der Waals surface area contributed by atoms with Gasteiger partial charge in [0.2, 0.25) is 6.79 Å². The summed E-state index contributed by atoms with van der Waals surface area (Å²) in [7, 11) is 0. The van der Waals surface area contributed by atoms with Gasteiger partial charge >= 0.3 is 6.03 Å². The minimum Gasteiger partial charge on any atom is -0.492 e.